The predicted octanol–water partition coefficient (Wildman–Crippen LogP) is 2.37. The Labute approximate surface area is 166 Å². The minimum Gasteiger partial charge on any atom is -0.381 e. The van der Waals surface area contributed by atoms with Gasteiger partial charge in [-0.05, 0) is 23.8 Å². The molecule has 0 radical (unpaired) electrons. The molecule has 3 heterocycles. The first-order valence-electron chi connectivity index (χ1n) is 9.72. The fraction of sp³-hybridized carbons (Fsp3) is 0.318. The van der Waals surface area contributed by atoms with Crippen molar-refractivity contribution >= 4 is 16.7 Å². The smallest absolute Gasteiger partial charge is 0.272 e. The zero-order valence-corrected chi connectivity index (χ0v) is 15.7. The molecule has 1 aromatic heterocycles. The van der Waals surface area contributed by atoms with Gasteiger partial charge in [-0.15, -0.1) is 0 Å². The third-order valence-corrected chi connectivity index (χ3v) is 5.94. The van der Waals surface area contributed by atoms with Gasteiger partial charge in [0.25, 0.3) is 11.5 Å². The lowest BCUT2D eigenvalue weighted by atomic mass is 10.0. The van der Waals surface area contributed by atoms with Crippen molar-refractivity contribution in [2.24, 2.45) is 11.8 Å². The van der Waals surface area contributed by atoms with Crippen molar-refractivity contribution in [3.63, 3.8) is 0 Å². The van der Waals surface area contributed by atoms with E-state index in [1.807, 2.05) is 12.1 Å². The molecule has 2 aromatic carbocycles. The molecule has 2 unspecified atom stereocenters. The van der Waals surface area contributed by atoms with E-state index in [-0.39, 0.29) is 17.0 Å². The van der Waals surface area contributed by atoms with E-state index < -0.39 is 5.82 Å². The number of nitrogens with zero attached hydrogens (tertiary/aromatic N) is 2. The number of likely N-dealkylation sites (tertiary alicyclic amines) is 1. The number of carbonyl (C=O) groups is 1. The molecule has 1 amide bonds. The highest BCUT2D eigenvalue weighted by atomic mass is 19.1. The Hall–Kier alpha value is -3.06. The van der Waals surface area contributed by atoms with Gasteiger partial charge in [-0.1, -0.05) is 24.3 Å². The number of H-pyrrole nitrogens is 1. The van der Waals surface area contributed by atoms with Crippen molar-refractivity contribution < 1.29 is 13.9 Å². The van der Waals surface area contributed by atoms with Crippen molar-refractivity contribution in [2.45, 2.75) is 6.42 Å². The first-order chi connectivity index (χ1) is 14.1. The SMILES string of the molecule is O=C(c1cc(Cc2n[nH]c(=O)c3ccccc23)ccc1F)N1CC2COCC2C1. The summed E-state index contributed by atoms with van der Waals surface area (Å²) < 4.78 is 19.9. The molecule has 7 heteroatoms. The quantitative estimate of drug-likeness (QED) is 0.741. The largest absolute Gasteiger partial charge is 0.381 e. The second kappa shape index (κ2) is 7.08. The van der Waals surface area contributed by atoms with Gasteiger partial charge >= 0.3 is 0 Å². The first-order valence-corrected chi connectivity index (χ1v) is 9.72. The van der Waals surface area contributed by atoms with E-state index in [9.17, 15) is 14.0 Å². The van der Waals surface area contributed by atoms with Crippen LogP contribution in [0.15, 0.2) is 47.3 Å². The van der Waals surface area contributed by atoms with Crippen LogP contribution in [-0.2, 0) is 11.2 Å². The number of fused-ring (bicyclic) bond motifs is 2. The van der Waals surface area contributed by atoms with Crippen LogP contribution in [0.25, 0.3) is 10.8 Å². The summed E-state index contributed by atoms with van der Waals surface area (Å²) in [5, 5.41) is 7.99. The molecule has 3 aromatic rings. The number of carbonyl (C=O) groups excluding carboxylic acids is 1. The van der Waals surface area contributed by atoms with E-state index in [4.69, 9.17) is 4.74 Å². The van der Waals surface area contributed by atoms with Gasteiger partial charge in [0.05, 0.1) is 29.9 Å². The fourth-order valence-electron chi connectivity index (χ4n) is 4.37. The number of hydrogen-bond acceptors (Lipinski definition) is 4. The van der Waals surface area contributed by atoms with E-state index in [0.717, 1.165) is 10.9 Å². The minimum atomic E-state index is -0.522. The molecule has 2 aliphatic rings. The Morgan fingerprint density at radius 3 is 2.62 bits per heavy atom. The van der Waals surface area contributed by atoms with E-state index in [0.29, 0.717) is 55.6 Å². The summed E-state index contributed by atoms with van der Waals surface area (Å²) in [6.07, 6.45) is 0.386. The fourth-order valence-corrected chi connectivity index (χ4v) is 4.37. The number of benzene rings is 2. The number of nitrogens with one attached hydrogen (secondary N) is 1. The third-order valence-electron chi connectivity index (χ3n) is 5.94. The summed E-state index contributed by atoms with van der Waals surface area (Å²) in [6, 6.07) is 11.8. The lowest BCUT2D eigenvalue weighted by molar-refractivity contribution is 0.0746. The van der Waals surface area contributed by atoms with E-state index in [2.05, 4.69) is 10.2 Å². The Morgan fingerprint density at radius 2 is 1.86 bits per heavy atom. The molecule has 0 spiro atoms. The van der Waals surface area contributed by atoms with E-state index >= 15 is 0 Å². The van der Waals surface area contributed by atoms with E-state index in [1.54, 1.807) is 29.2 Å². The average Bonchev–Trinajstić information content (AvgIpc) is 3.33. The zero-order valence-electron chi connectivity index (χ0n) is 15.7. The minimum absolute atomic E-state index is 0.0807. The summed E-state index contributed by atoms with van der Waals surface area (Å²) in [5.74, 6) is -0.104. The molecule has 2 atom stereocenters. The predicted molar refractivity (Wildman–Crippen MR) is 105 cm³/mol. The number of aromatic amines is 1. The number of aromatic nitrogens is 2. The number of ether oxygens (including phenoxy) is 1. The van der Waals surface area contributed by atoms with Crippen molar-refractivity contribution in [1.29, 1.82) is 0 Å². The monoisotopic (exact) mass is 393 g/mol. The lowest BCUT2D eigenvalue weighted by Gasteiger charge is -2.18. The summed E-state index contributed by atoms with van der Waals surface area (Å²) in [6.45, 7) is 2.56. The molecular weight excluding hydrogens is 373 g/mol. The molecule has 0 saturated carbocycles. The first kappa shape index (κ1) is 18.0. The van der Waals surface area contributed by atoms with Crippen molar-refractivity contribution in [1.82, 2.24) is 15.1 Å². The molecule has 29 heavy (non-hydrogen) atoms. The van der Waals surface area contributed by atoms with Gasteiger partial charge in [0.15, 0.2) is 0 Å². The molecular formula is C22H20FN3O3. The number of amides is 1. The summed E-state index contributed by atoms with van der Waals surface area (Å²) in [4.78, 5) is 26.6. The molecule has 0 bridgehead atoms. The highest BCUT2D eigenvalue weighted by Gasteiger charge is 2.39. The van der Waals surface area contributed by atoms with Gasteiger partial charge in [-0.2, -0.15) is 5.10 Å². The van der Waals surface area contributed by atoms with Crippen LogP contribution in [0, 0.1) is 17.7 Å². The second-order valence-corrected chi connectivity index (χ2v) is 7.80. The topological polar surface area (TPSA) is 75.3 Å². The summed E-state index contributed by atoms with van der Waals surface area (Å²) in [5.41, 5.74) is 1.28. The van der Waals surface area contributed by atoms with Crippen molar-refractivity contribution in [3.05, 3.63) is 75.5 Å². The normalized spacial score (nSPS) is 20.9. The Bertz CT molecular complexity index is 1150. The molecule has 1 N–H and O–H groups in total. The van der Waals surface area contributed by atoms with Crippen LogP contribution in [0.3, 0.4) is 0 Å². The molecule has 2 fully saturated rings. The Balaban J connectivity index is 1.44. The van der Waals surface area contributed by atoms with Gasteiger partial charge in [0, 0.05) is 36.7 Å². The van der Waals surface area contributed by atoms with Crippen LogP contribution < -0.4 is 5.56 Å². The number of rotatable bonds is 3. The maximum atomic E-state index is 14.5. The van der Waals surface area contributed by atoms with Crippen LogP contribution >= 0.6 is 0 Å². The summed E-state index contributed by atoms with van der Waals surface area (Å²) in [7, 11) is 0. The maximum absolute atomic E-state index is 14.5. The maximum Gasteiger partial charge on any atom is 0.272 e. The molecule has 2 aliphatic heterocycles. The molecule has 6 nitrogen and oxygen atoms in total. The lowest BCUT2D eigenvalue weighted by Crippen LogP contribution is -2.31. The van der Waals surface area contributed by atoms with Crippen LogP contribution in [0.4, 0.5) is 4.39 Å². The standard InChI is InChI=1S/C22H20FN3O3/c23-19-6-5-13(8-20-16-3-1-2-4-17(16)21(27)25-24-20)7-18(19)22(28)26-9-14-11-29-12-15(14)10-26/h1-7,14-15H,8-12H2,(H,25,27). The van der Waals surface area contributed by atoms with Gasteiger partial charge in [-0.3, -0.25) is 9.59 Å². The number of halogens is 1. The molecule has 2 saturated heterocycles. The summed E-state index contributed by atoms with van der Waals surface area (Å²) >= 11 is 0. The van der Waals surface area contributed by atoms with Gasteiger partial charge in [-0.25, -0.2) is 9.49 Å². The van der Waals surface area contributed by atoms with Crippen LogP contribution in [0.2, 0.25) is 0 Å². The highest BCUT2D eigenvalue weighted by molar-refractivity contribution is 5.95. The van der Waals surface area contributed by atoms with Crippen LogP contribution in [0.1, 0.15) is 21.6 Å². The zero-order chi connectivity index (χ0) is 20.0. The van der Waals surface area contributed by atoms with Gasteiger partial charge < -0.3 is 9.64 Å². The number of hydrogen-bond donors (Lipinski definition) is 1. The van der Waals surface area contributed by atoms with Crippen LogP contribution in [0.5, 0.6) is 0 Å². The van der Waals surface area contributed by atoms with Crippen molar-refractivity contribution in [2.75, 3.05) is 26.3 Å². The average molecular weight is 393 g/mol. The van der Waals surface area contributed by atoms with Gasteiger partial charge in [0.1, 0.15) is 5.82 Å². The highest BCUT2D eigenvalue weighted by Crippen LogP contribution is 2.30. The Kier molecular flexibility index (Phi) is 4.39. The molecule has 148 valence electrons. The third kappa shape index (κ3) is 3.21. The van der Waals surface area contributed by atoms with E-state index in [1.165, 1.54) is 6.07 Å². The van der Waals surface area contributed by atoms with Gasteiger partial charge in [0.2, 0.25) is 0 Å². The molecule has 0 aliphatic carbocycles. The van der Waals surface area contributed by atoms with Crippen LogP contribution in [-0.4, -0.2) is 47.3 Å². The Morgan fingerprint density at radius 1 is 1.14 bits per heavy atom. The van der Waals surface area contributed by atoms with Crippen molar-refractivity contribution in [3.8, 4) is 0 Å². The molecule has 5 rings (SSSR count). The second-order valence-electron chi connectivity index (χ2n) is 7.80.